The molecule has 0 aliphatic carbocycles. The first kappa shape index (κ1) is 22.1. The molecule has 3 aromatic carbocycles. The fourth-order valence-corrected chi connectivity index (χ4v) is 3.20. The highest BCUT2D eigenvalue weighted by molar-refractivity contribution is 5.95. The maximum atomic E-state index is 13.2. The number of amides is 1. The van der Waals surface area contributed by atoms with Crippen LogP contribution < -0.4 is 24.8 Å². The molecule has 3 rings (SSSR count). The van der Waals surface area contributed by atoms with Crippen LogP contribution in [0.3, 0.4) is 0 Å². The van der Waals surface area contributed by atoms with Gasteiger partial charge in [0.05, 0.1) is 21.3 Å². The fourth-order valence-electron chi connectivity index (χ4n) is 3.20. The SMILES string of the molecule is COc1cc(OC)c(OC)cc1CN[C@@H](C(=O)Nc1ccc(F)cc1)c1ccccc1. The van der Waals surface area contributed by atoms with Crippen LogP contribution in [-0.2, 0) is 11.3 Å². The zero-order chi connectivity index (χ0) is 22.2. The number of carbonyl (C=O) groups is 1. The van der Waals surface area contributed by atoms with E-state index in [0.29, 0.717) is 29.5 Å². The highest BCUT2D eigenvalue weighted by Crippen LogP contribution is 2.34. The Bertz CT molecular complexity index is 1010. The van der Waals surface area contributed by atoms with Gasteiger partial charge in [-0.15, -0.1) is 0 Å². The summed E-state index contributed by atoms with van der Waals surface area (Å²) < 4.78 is 29.4. The summed E-state index contributed by atoms with van der Waals surface area (Å²) >= 11 is 0. The molecule has 0 saturated heterocycles. The van der Waals surface area contributed by atoms with Gasteiger partial charge in [0.25, 0.3) is 0 Å². The van der Waals surface area contributed by atoms with Crippen LogP contribution in [0.2, 0.25) is 0 Å². The second-order valence-corrected chi connectivity index (χ2v) is 6.74. The van der Waals surface area contributed by atoms with Crippen molar-refractivity contribution in [1.29, 1.82) is 0 Å². The van der Waals surface area contributed by atoms with Crippen molar-refractivity contribution in [1.82, 2.24) is 5.32 Å². The van der Waals surface area contributed by atoms with E-state index in [2.05, 4.69) is 10.6 Å². The number of rotatable bonds is 9. The Hall–Kier alpha value is -3.58. The number of nitrogens with one attached hydrogen (secondary N) is 2. The van der Waals surface area contributed by atoms with Gasteiger partial charge < -0.3 is 19.5 Å². The van der Waals surface area contributed by atoms with E-state index >= 15 is 0 Å². The zero-order valence-corrected chi connectivity index (χ0v) is 17.6. The van der Waals surface area contributed by atoms with Gasteiger partial charge in [0.2, 0.25) is 5.91 Å². The van der Waals surface area contributed by atoms with E-state index in [-0.39, 0.29) is 11.7 Å². The maximum absolute atomic E-state index is 13.2. The second-order valence-electron chi connectivity index (χ2n) is 6.74. The smallest absolute Gasteiger partial charge is 0.246 e. The molecule has 7 heteroatoms. The average molecular weight is 424 g/mol. The Kier molecular flexibility index (Phi) is 7.45. The van der Waals surface area contributed by atoms with Gasteiger partial charge in [0, 0.05) is 23.9 Å². The van der Waals surface area contributed by atoms with Crippen LogP contribution in [-0.4, -0.2) is 27.2 Å². The number of carbonyl (C=O) groups excluding carboxylic acids is 1. The number of ether oxygens (including phenoxy) is 3. The van der Waals surface area contributed by atoms with E-state index in [1.165, 1.54) is 24.3 Å². The van der Waals surface area contributed by atoms with Gasteiger partial charge in [-0.25, -0.2) is 4.39 Å². The summed E-state index contributed by atoms with van der Waals surface area (Å²) in [4.78, 5) is 13.1. The van der Waals surface area contributed by atoms with Gasteiger partial charge >= 0.3 is 0 Å². The van der Waals surface area contributed by atoms with Crippen LogP contribution in [0.1, 0.15) is 17.2 Å². The molecule has 1 amide bonds. The molecule has 0 heterocycles. The van der Waals surface area contributed by atoms with Crippen LogP contribution in [0.4, 0.5) is 10.1 Å². The predicted octanol–water partition coefficient (Wildman–Crippen LogP) is 4.32. The molecule has 0 fully saturated rings. The number of hydrogen-bond donors (Lipinski definition) is 2. The summed E-state index contributed by atoms with van der Waals surface area (Å²) in [6, 6.07) is 17.9. The highest BCUT2D eigenvalue weighted by Gasteiger charge is 2.21. The van der Waals surface area contributed by atoms with Crippen molar-refractivity contribution in [3.8, 4) is 17.2 Å². The molecule has 1 atom stereocenters. The lowest BCUT2D eigenvalue weighted by atomic mass is 10.0. The normalized spacial score (nSPS) is 11.5. The highest BCUT2D eigenvalue weighted by atomic mass is 19.1. The summed E-state index contributed by atoms with van der Waals surface area (Å²) in [6.45, 7) is 0.333. The van der Waals surface area contributed by atoms with Gasteiger partial charge in [0.1, 0.15) is 17.6 Å². The quantitative estimate of drug-likeness (QED) is 0.535. The van der Waals surface area contributed by atoms with Crippen molar-refractivity contribution in [2.75, 3.05) is 26.6 Å². The number of halogens is 1. The third-order valence-corrected chi connectivity index (χ3v) is 4.79. The molecule has 162 valence electrons. The Balaban J connectivity index is 1.84. The van der Waals surface area contributed by atoms with Gasteiger partial charge in [0.15, 0.2) is 11.5 Å². The Morgan fingerprint density at radius 2 is 1.48 bits per heavy atom. The number of anilines is 1. The third kappa shape index (κ3) is 5.52. The molecule has 0 spiro atoms. The van der Waals surface area contributed by atoms with Crippen molar-refractivity contribution in [3.05, 3.63) is 83.7 Å². The Morgan fingerprint density at radius 1 is 0.871 bits per heavy atom. The van der Waals surface area contributed by atoms with Crippen molar-refractivity contribution < 1.29 is 23.4 Å². The lowest BCUT2D eigenvalue weighted by Gasteiger charge is -2.20. The first-order valence-corrected chi connectivity index (χ1v) is 9.69. The van der Waals surface area contributed by atoms with Crippen molar-refractivity contribution >= 4 is 11.6 Å². The van der Waals surface area contributed by atoms with Crippen LogP contribution in [0.15, 0.2) is 66.7 Å². The van der Waals surface area contributed by atoms with Gasteiger partial charge in [-0.3, -0.25) is 10.1 Å². The van der Waals surface area contributed by atoms with E-state index in [9.17, 15) is 9.18 Å². The van der Waals surface area contributed by atoms with Crippen molar-refractivity contribution in [2.24, 2.45) is 0 Å². The topological polar surface area (TPSA) is 68.8 Å². The monoisotopic (exact) mass is 424 g/mol. The molecule has 0 aromatic heterocycles. The predicted molar refractivity (Wildman–Crippen MR) is 117 cm³/mol. The second kappa shape index (κ2) is 10.4. The van der Waals surface area contributed by atoms with Crippen molar-refractivity contribution in [2.45, 2.75) is 12.6 Å². The van der Waals surface area contributed by atoms with Gasteiger partial charge in [-0.05, 0) is 35.9 Å². The first-order chi connectivity index (χ1) is 15.0. The van der Waals surface area contributed by atoms with Crippen LogP contribution in [0, 0.1) is 5.82 Å². The molecule has 3 aromatic rings. The Labute approximate surface area is 181 Å². The van der Waals surface area contributed by atoms with Gasteiger partial charge in [-0.2, -0.15) is 0 Å². The summed E-state index contributed by atoms with van der Waals surface area (Å²) in [7, 11) is 4.69. The van der Waals surface area contributed by atoms with E-state index < -0.39 is 6.04 Å². The summed E-state index contributed by atoms with van der Waals surface area (Å²) in [5, 5.41) is 6.11. The molecule has 0 unspecified atom stereocenters. The van der Waals surface area contributed by atoms with E-state index in [0.717, 1.165) is 11.1 Å². The molecule has 0 radical (unpaired) electrons. The number of benzene rings is 3. The maximum Gasteiger partial charge on any atom is 0.246 e. The average Bonchev–Trinajstić information content (AvgIpc) is 2.80. The lowest BCUT2D eigenvalue weighted by molar-refractivity contribution is -0.118. The third-order valence-electron chi connectivity index (χ3n) is 4.79. The fraction of sp³-hybridized carbons (Fsp3) is 0.208. The molecule has 31 heavy (non-hydrogen) atoms. The van der Waals surface area contributed by atoms with E-state index in [1.807, 2.05) is 36.4 Å². The minimum Gasteiger partial charge on any atom is -0.496 e. The van der Waals surface area contributed by atoms with E-state index in [1.54, 1.807) is 27.4 Å². The Morgan fingerprint density at radius 3 is 2.10 bits per heavy atom. The molecule has 2 N–H and O–H groups in total. The molecular formula is C24H25FN2O4. The standard InChI is InChI=1S/C24H25FN2O4/c1-29-20-14-22(31-3)21(30-2)13-17(20)15-26-23(16-7-5-4-6-8-16)24(28)27-19-11-9-18(25)10-12-19/h4-14,23,26H,15H2,1-3H3,(H,27,28)/t23-/m1/s1. The number of methoxy groups -OCH3 is 3. The minimum atomic E-state index is -0.649. The molecule has 0 aliphatic rings. The molecule has 6 nitrogen and oxygen atoms in total. The summed E-state index contributed by atoms with van der Waals surface area (Å²) in [6.07, 6.45) is 0. The summed E-state index contributed by atoms with van der Waals surface area (Å²) in [5.74, 6) is 1.09. The molecule has 0 bridgehead atoms. The first-order valence-electron chi connectivity index (χ1n) is 9.69. The molecular weight excluding hydrogens is 399 g/mol. The largest absolute Gasteiger partial charge is 0.496 e. The van der Waals surface area contributed by atoms with E-state index in [4.69, 9.17) is 14.2 Å². The summed E-state index contributed by atoms with van der Waals surface area (Å²) in [5.41, 5.74) is 2.11. The number of hydrogen-bond acceptors (Lipinski definition) is 5. The molecule has 0 aliphatic heterocycles. The molecule has 0 saturated carbocycles. The van der Waals surface area contributed by atoms with Crippen LogP contribution >= 0.6 is 0 Å². The minimum absolute atomic E-state index is 0.266. The van der Waals surface area contributed by atoms with Crippen molar-refractivity contribution in [3.63, 3.8) is 0 Å². The van der Waals surface area contributed by atoms with Crippen LogP contribution in [0.25, 0.3) is 0 Å². The zero-order valence-electron chi connectivity index (χ0n) is 17.6. The van der Waals surface area contributed by atoms with Gasteiger partial charge in [-0.1, -0.05) is 30.3 Å². The lowest BCUT2D eigenvalue weighted by Crippen LogP contribution is -2.32. The van der Waals surface area contributed by atoms with Crippen LogP contribution in [0.5, 0.6) is 17.2 Å².